The summed E-state index contributed by atoms with van der Waals surface area (Å²) in [6.07, 6.45) is 1.09. The predicted molar refractivity (Wildman–Crippen MR) is 56.8 cm³/mol. The molecule has 0 aromatic heterocycles. The highest BCUT2D eigenvalue weighted by Gasteiger charge is 2.10. The normalized spacial score (nSPS) is 10.6. The van der Waals surface area contributed by atoms with Crippen molar-refractivity contribution < 1.29 is 4.79 Å². The fourth-order valence-electron chi connectivity index (χ4n) is 1.32. The monoisotopic (exact) mass is 196 g/mol. The molecule has 80 valence electrons. The summed E-state index contributed by atoms with van der Waals surface area (Å²) in [5.74, 6) is 0.793. The van der Waals surface area contributed by atoms with Gasteiger partial charge in [0.2, 0.25) is 0 Å². The standard InChI is InChI=1S/C11H20N2O/c1-4-11(14)9-13(7-5-6-12)8-10(2)3/h10H,4-5,7-9H2,1-3H3. The van der Waals surface area contributed by atoms with Gasteiger partial charge in [0.05, 0.1) is 12.6 Å². The first-order chi connectivity index (χ1) is 6.60. The van der Waals surface area contributed by atoms with Crippen molar-refractivity contribution in [3.8, 4) is 6.07 Å². The van der Waals surface area contributed by atoms with Gasteiger partial charge in [-0.25, -0.2) is 0 Å². The lowest BCUT2D eigenvalue weighted by atomic mass is 10.2. The first kappa shape index (κ1) is 13.1. The Morgan fingerprint density at radius 3 is 2.57 bits per heavy atom. The summed E-state index contributed by atoms with van der Waals surface area (Å²) in [5.41, 5.74) is 0. The minimum atomic E-state index is 0.253. The number of nitriles is 1. The van der Waals surface area contributed by atoms with Crippen molar-refractivity contribution in [1.82, 2.24) is 4.90 Å². The van der Waals surface area contributed by atoms with E-state index in [1.54, 1.807) is 0 Å². The van der Waals surface area contributed by atoms with Crippen molar-refractivity contribution in [3.63, 3.8) is 0 Å². The van der Waals surface area contributed by atoms with Crippen LogP contribution in [0.15, 0.2) is 0 Å². The van der Waals surface area contributed by atoms with E-state index in [4.69, 9.17) is 5.26 Å². The Morgan fingerprint density at radius 1 is 1.50 bits per heavy atom. The molecule has 0 aromatic rings. The Balaban J connectivity index is 3.97. The topological polar surface area (TPSA) is 44.1 Å². The van der Waals surface area contributed by atoms with Crippen LogP contribution in [-0.4, -0.2) is 30.3 Å². The highest BCUT2D eigenvalue weighted by atomic mass is 16.1. The van der Waals surface area contributed by atoms with Crippen LogP contribution in [0.25, 0.3) is 0 Å². The van der Waals surface area contributed by atoms with E-state index in [0.717, 1.165) is 6.54 Å². The van der Waals surface area contributed by atoms with Gasteiger partial charge in [0, 0.05) is 25.9 Å². The third-order valence-corrected chi connectivity index (χ3v) is 1.96. The second-order valence-electron chi connectivity index (χ2n) is 3.93. The maximum Gasteiger partial charge on any atom is 0.146 e. The molecule has 0 saturated carbocycles. The van der Waals surface area contributed by atoms with Crippen LogP contribution in [-0.2, 0) is 4.79 Å². The van der Waals surface area contributed by atoms with Gasteiger partial charge in [-0.05, 0) is 5.92 Å². The third kappa shape index (κ3) is 6.62. The lowest BCUT2D eigenvalue weighted by molar-refractivity contribution is -0.120. The van der Waals surface area contributed by atoms with Gasteiger partial charge in [0.15, 0.2) is 0 Å². The number of carbonyl (C=O) groups excluding carboxylic acids is 1. The molecular weight excluding hydrogens is 176 g/mol. The summed E-state index contributed by atoms with van der Waals surface area (Å²) >= 11 is 0. The quantitative estimate of drug-likeness (QED) is 0.624. The Labute approximate surface area is 86.7 Å². The Hall–Kier alpha value is -0.880. The summed E-state index contributed by atoms with van der Waals surface area (Å²) < 4.78 is 0. The minimum absolute atomic E-state index is 0.253. The van der Waals surface area contributed by atoms with Gasteiger partial charge >= 0.3 is 0 Å². The van der Waals surface area contributed by atoms with Crippen molar-refractivity contribution in [3.05, 3.63) is 0 Å². The molecule has 0 aromatic carbocycles. The van der Waals surface area contributed by atoms with E-state index in [-0.39, 0.29) is 5.78 Å². The second-order valence-corrected chi connectivity index (χ2v) is 3.93. The molecule has 0 N–H and O–H groups in total. The Morgan fingerprint density at radius 2 is 2.14 bits per heavy atom. The molecule has 0 radical (unpaired) electrons. The summed E-state index contributed by atoms with van der Waals surface area (Å²) in [6.45, 7) is 8.22. The van der Waals surface area contributed by atoms with Crippen LogP contribution in [0.5, 0.6) is 0 Å². The Kier molecular flexibility index (Phi) is 7.04. The van der Waals surface area contributed by atoms with E-state index in [1.165, 1.54) is 0 Å². The summed E-state index contributed by atoms with van der Waals surface area (Å²) in [6, 6.07) is 2.11. The van der Waals surface area contributed by atoms with Gasteiger partial charge < -0.3 is 0 Å². The smallest absolute Gasteiger partial charge is 0.146 e. The third-order valence-electron chi connectivity index (χ3n) is 1.96. The Bertz CT molecular complexity index is 206. The molecule has 0 atom stereocenters. The average Bonchev–Trinajstić information content (AvgIpc) is 2.13. The molecule has 0 amide bonds. The van der Waals surface area contributed by atoms with Gasteiger partial charge in [-0.2, -0.15) is 5.26 Å². The molecule has 3 heteroatoms. The molecule has 0 aliphatic carbocycles. The van der Waals surface area contributed by atoms with E-state index < -0.39 is 0 Å². The van der Waals surface area contributed by atoms with Crippen LogP contribution in [0.3, 0.4) is 0 Å². The molecule has 0 bridgehead atoms. The van der Waals surface area contributed by atoms with E-state index in [0.29, 0.717) is 31.8 Å². The van der Waals surface area contributed by atoms with Crippen LogP contribution in [0.2, 0.25) is 0 Å². The molecule has 3 nitrogen and oxygen atoms in total. The predicted octanol–water partition coefficient (Wildman–Crippen LogP) is 1.84. The lowest BCUT2D eigenvalue weighted by Gasteiger charge is -2.21. The van der Waals surface area contributed by atoms with Gasteiger partial charge in [-0.1, -0.05) is 20.8 Å². The molecule has 0 rings (SSSR count). The lowest BCUT2D eigenvalue weighted by Crippen LogP contribution is -2.33. The zero-order chi connectivity index (χ0) is 11.0. The van der Waals surface area contributed by atoms with Crippen LogP contribution in [0.1, 0.15) is 33.6 Å². The number of nitrogens with zero attached hydrogens (tertiary/aromatic N) is 2. The van der Waals surface area contributed by atoms with Crippen molar-refractivity contribution >= 4 is 5.78 Å². The molecule has 0 aliphatic heterocycles. The van der Waals surface area contributed by atoms with E-state index in [1.807, 2.05) is 6.92 Å². The van der Waals surface area contributed by atoms with E-state index in [9.17, 15) is 4.79 Å². The number of hydrogen-bond donors (Lipinski definition) is 0. The first-order valence-corrected chi connectivity index (χ1v) is 5.21. The number of carbonyl (C=O) groups is 1. The van der Waals surface area contributed by atoms with Gasteiger partial charge in [-0.15, -0.1) is 0 Å². The number of ketones is 1. The molecular formula is C11H20N2O. The SMILES string of the molecule is CCC(=O)CN(CCC#N)CC(C)C. The zero-order valence-electron chi connectivity index (χ0n) is 9.42. The van der Waals surface area contributed by atoms with Crippen molar-refractivity contribution in [2.24, 2.45) is 5.92 Å². The van der Waals surface area contributed by atoms with Crippen molar-refractivity contribution in [2.75, 3.05) is 19.6 Å². The van der Waals surface area contributed by atoms with Gasteiger partial charge in [0.1, 0.15) is 5.78 Å². The van der Waals surface area contributed by atoms with Crippen LogP contribution in [0.4, 0.5) is 0 Å². The fraction of sp³-hybridized carbons (Fsp3) is 0.818. The molecule has 0 unspecified atom stereocenters. The fourth-order valence-corrected chi connectivity index (χ4v) is 1.32. The minimum Gasteiger partial charge on any atom is -0.298 e. The number of rotatable bonds is 7. The summed E-state index contributed by atoms with van der Waals surface area (Å²) in [4.78, 5) is 13.3. The maximum absolute atomic E-state index is 11.2. The molecule has 14 heavy (non-hydrogen) atoms. The van der Waals surface area contributed by atoms with Crippen molar-refractivity contribution in [2.45, 2.75) is 33.6 Å². The number of Topliss-reactive ketones (excluding diaryl/α,β-unsaturated/α-hetero) is 1. The highest BCUT2D eigenvalue weighted by Crippen LogP contribution is 2.00. The largest absolute Gasteiger partial charge is 0.298 e. The summed E-state index contributed by atoms with van der Waals surface area (Å²) in [7, 11) is 0. The first-order valence-electron chi connectivity index (χ1n) is 5.21. The van der Waals surface area contributed by atoms with Gasteiger partial charge in [-0.3, -0.25) is 9.69 Å². The molecule has 0 heterocycles. The van der Waals surface area contributed by atoms with E-state index in [2.05, 4.69) is 24.8 Å². The van der Waals surface area contributed by atoms with Crippen LogP contribution in [0, 0.1) is 17.2 Å². The average molecular weight is 196 g/mol. The van der Waals surface area contributed by atoms with E-state index >= 15 is 0 Å². The zero-order valence-corrected chi connectivity index (χ0v) is 9.42. The molecule has 0 spiro atoms. The second kappa shape index (κ2) is 7.52. The highest BCUT2D eigenvalue weighted by molar-refractivity contribution is 5.80. The maximum atomic E-state index is 11.2. The molecule has 0 aliphatic rings. The summed E-state index contributed by atoms with van der Waals surface area (Å²) in [5, 5.41) is 8.48. The number of hydrogen-bond acceptors (Lipinski definition) is 3. The van der Waals surface area contributed by atoms with Gasteiger partial charge in [0.25, 0.3) is 0 Å². The van der Waals surface area contributed by atoms with Crippen molar-refractivity contribution in [1.29, 1.82) is 5.26 Å². The van der Waals surface area contributed by atoms with Crippen LogP contribution < -0.4 is 0 Å². The van der Waals surface area contributed by atoms with Crippen LogP contribution >= 0.6 is 0 Å². The molecule has 0 fully saturated rings. The molecule has 0 saturated heterocycles.